The molecule has 0 aliphatic carbocycles. The summed E-state index contributed by atoms with van der Waals surface area (Å²) in [6.45, 7) is 0.490. The van der Waals surface area contributed by atoms with Gasteiger partial charge in [-0.25, -0.2) is 0 Å². The van der Waals surface area contributed by atoms with Crippen LogP contribution in [0.1, 0.15) is 18.1 Å². The van der Waals surface area contributed by atoms with Gasteiger partial charge in [-0.15, -0.1) is 0 Å². The zero-order chi connectivity index (χ0) is 9.84. The Morgan fingerprint density at radius 1 is 1.38 bits per heavy atom. The highest BCUT2D eigenvalue weighted by molar-refractivity contribution is 9.11. The minimum absolute atomic E-state index is 0.479. The Bertz CT molecular complexity index is 291. The average Bonchev–Trinajstić information content (AvgIpc) is 2.04. The molecule has 1 atom stereocenters. The van der Waals surface area contributed by atoms with Crippen molar-refractivity contribution in [1.29, 1.82) is 0 Å². The van der Waals surface area contributed by atoms with Gasteiger partial charge in [0.2, 0.25) is 0 Å². The lowest BCUT2D eigenvalue weighted by molar-refractivity contribution is 0.169. The van der Waals surface area contributed by atoms with Crippen molar-refractivity contribution in [3.8, 4) is 0 Å². The van der Waals surface area contributed by atoms with Crippen molar-refractivity contribution < 1.29 is 5.11 Å². The summed E-state index contributed by atoms with van der Waals surface area (Å²) >= 11 is 6.73. The molecule has 0 amide bonds. The monoisotopic (exact) mass is 307 g/mol. The second-order valence-corrected chi connectivity index (χ2v) is 4.53. The fourth-order valence-electron chi connectivity index (χ4n) is 1.09. The van der Waals surface area contributed by atoms with Crippen LogP contribution in [0.25, 0.3) is 0 Å². The first kappa shape index (κ1) is 11.2. The van der Waals surface area contributed by atoms with E-state index in [-0.39, 0.29) is 0 Å². The molecule has 0 heterocycles. The predicted octanol–water partition coefficient (Wildman–Crippen LogP) is 2.59. The van der Waals surface area contributed by atoms with Gasteiger partial charge in [-0.2, -0.15) is 0 Å². The van der Waals surface area contributed by atoms with E-state index in [1.807, 2.05) is 18.2 Å². The first-order valence-corrected chi connectivity index (χ1v) is 5.57. The maximum absolute atomic E-state index is 9.67. The minimum atomic E-state index is -0.479. The van der Waals surface area contributed by atoms with Crippen LogP contribution in [0, 0.1) is 0 Å². The van der Waals surface area contributed by atoms with Gasteiger partial charge in [0.05, 0.1) is 6.10 Å². The molecule has 72 valence electrons. The molecule has 0 fully saturated rings. The Kier molecular flexibility index (Phi) is 4.38. The van der Waals surface area contributed by atoms with Crippen molar-refractivity contribution in [3.05, 3.63) is 32.7 Å². The van der Waals surface area contributed by atoms with Crippen molar-refractivity contribution in [2.75, 3.05) is 6.54 Å². The highest BCUT2D eigenvalue weighted by atomic mass is 79.9. The fraction of sp³-hybridized carbons (Fsp3) is 0.333. The summed E-state index contributed by atoms with van der Waals surface area (Å²) < 4.78 is 1.89. The Labute approximate surface area is 94.4 Å². The summed E-state index contributed by atoms with van der Waals surface area (Å²) in [4.78, 5) is 0. The number of nitrogens with two attached hydrogens (primary N) is 1. The van der Waals surface area contributed by atoms with E-state index in [2.05, 4.69) is 31.9 Å². The lowest BCUT2D eigenvalue weighted by Crippen LogP contribution is -2.07. The third kappa shape index (κ3) is 3.06. The van der Waals surface area contributed by atoms with Crippen LogP contribution < -0.4 is 5.73 Å². The minimum Gasteiger partial charge on any atom is -0.388 e. The molecule has 13 heavy (non-hydrogen) atoms. The second kappa shape index (κ2) is 5.10. The van der Waals surface area contributed by atoms with Crippen LogP contribution in [0.15, 0.2) is 27.1 Å². The van der Waals surface area contributed by atoms with Crippen molar-refractivity contribution >= 4 is 31.9 Å². The molecular formula is C9H11Br2NO. The lowest BCUT2D eigenvalue weighted by atomic mass is 10.1. The molecule has 0 saturated heterocycles. The van der Waals surface area contributed by atoms with Crippen molar-refractivity contribution in [2.45, 2.75) is 12.5 Å². The van der Waals surface area contributed by atoms with E-state index in [4.69, 9.17) is 5.73 Å². The van der Waals surface area contributed by atoms with Crippen molar-refractivity contribution in [3.63, 3.8) is 0 Å². The van der Waals surface area contributed by atoms with Crippen LogP contribution in [-0.4, -0.2) is 11.7 Å². The number of aliphatic hydroxyl groups excluding tert-OH is 1. The Hall–Kier alpha value is 0.1000. The topological polar surface area (TPSA) is 46.2 Å². The van der Waals surface area contributed by atoms with Crippen molar-refractivity contribution in [1.82, 2.24) is 0 Å². The number of rotatable bonds is 3. The molecule has 1 aromatic carbocycles. The molecule has 1 rings (SSSR count). The third-order valence-corrected chi connectivity index (χ3v) is 2.94. The molecule has 1 unspecified atom stereocenters. The van der Waals surface area contributed by atoms with E-state index in [9.17, 15) is 5.11 Å². The summed E-state index contributed by atoms with van der Waals surface area (Å²) in [5, 5.41) is 9.67. The van der Waals surface area contributed by atoms with Gasteiger partial charge in [0.15, 0.2) is 0 Å². The Balaban J connectivity index is 2.88. The molecule has 0 aliphatic rings. The number of benzene rings is 1. The van der Waals surface area contributed by atoms with Gasteiger partial charge in [-0.05, 0) is 30.7 Å². The van der Waals surface area contributed by atoms with Crippen LogP contribution in [0.2, 0.25) is 0 Å². The van der Waals surface area contributed by atoms with Gasteiger partial charge in [-0.3, -0.25) is 0 Å². The normalized spacial score (nSPS) is 12.9. The van der Waals surface area contributed by atoms with Crippen molar-refractivity contribution in [2.24, 2.45) is 5.73 Å². The highest BCUT2D eigenvalue weighted by Crippen LogP contribution is 2.28. The van der Waals surface area contributed by atoms with Crippen LogP contribution >= 0.6 is 31.9 Å². The van der Waals surface area contributed by atoms with Gasteiger partial charge >= 0.3 is 0 Å². The molecule has 4 heteroatoms. The summed E-state index contributed by atoms with van der Waals surface area (Å²) in [6.07, 6.45) is 0.104. The highest BCUT2D eigenvalue weighted by Gasteiger charge is 2.09. The second-order valence-electron chi connectivity index (χ2n) is 2.76. The van der Waals surface area contributed by atoms with Gasteiger partial charge in [-0.1, -0.05) is 37.9 Å². The van der Waals surface area contributed by atoms with Gasteiger partial charge < -0.3 is 10.8 Å². The van der Waals surface area contributed by atoms with E-state index in [1.165, 1.54) is 0 Å². The van der Waals surface area contributed by atoms with Gasteiger partial charge in [0.1, 0.15) is 0 Å². The van der Waals surface area contributed by atoms with E-state index in [0.717, 1.165) is 14.5 Å². The standard InChI is InChI=1S/C9H11Br2NO/c10-6-1-2-7(8(11)5-6)9(13)3-4-12/h1-2,5,9,13H,3-4,12H2. The maximum Gasteiger partial charge on any atom is 0.0813 e. The molecule has 0 aliphatic heterocycles. The molecule has 0 spiro atoms. The Morgan fingerprint density at radius 3 is 2.62 bits per heavy atom. The smallest absolute Gasteiger partial charge is 0.0813 e. The maximum atomic E-state index is 9.67. The van der Waals surface area contributed by atoms with E-state index in [1.54, 1.807) is 0 Å². The van der Waals surface area contributed by atoms with E-state index in [0.29, 0.717) is 13.0 Å². The van der Waals surface area contributed by atoms with Crippen LogP contribution in [0.5, 0.6) is 0 Å². The summed E-state index contributed by atoms with van der Waals surface area (Å²) in [5.74, 6) is 0. The Morgan fingerprint density at radius 2 is 2.08 bits per heavy atom. The SMILES string of the molecule is NCCC(O)c1ccc(Br)cc1Br. The van der Waals surface area contributed by atoms with Gasteiger partial charge in [0.25, 0.3) is 0 Å². The molecule has 3 N–H and O–H groups in total. The predicted molar refractivity (Wildman–Crippen MR) is 60.5 cm³/mol. The molecular weight excluding hydrogens is 298 g/mol. The number of aliphatic hydroxyl groups is 1. The molecule has 1 aromatic rings. The summed E-state index contributed by atoms with van der Waals surface area (Å²) in [5.41, 5.74) is 6.25. The van der Waals surface area contributed by atoms with Gasteiger partial charge in [0, 0.05) is 8.95 Å². The zero-order valence-electron chi connectivity index (χ0n) is 7.00. The molecule has 0 aromatic heterocycles. The lowest BCUT2D eigenvalue weighted by Gasteiger charge is -2.11. The fourth-order valence-corrected chi connectivity index (χ4v) is 2.40. The molecule has 0 radical (unpaired) electrons. The number of halogens is 2. The number of hydrogen-bond acceptors (Lipinski definition) is 2. The first-order valence-electron chi connectivity index (χ1n) is 3.98. The molecule has 0 saturated carbocycles. The average molecular weight is 309 g/mol. The first-order chi connectivity index (χ1) is 6.15. The van der Waals surface area contributed by atoms with Crippen LogP contribution in [0.4, 0.5) is 0 Å². The van der Waals surface area contributed by atoms with E-state index < -0.39 is 6.10 Å². The summed E-state index contributed by atoms with van der Waals surface area (Å²) in [6, 6.07) is 5.70. The van der Waals surface area contributed by atoms with E-state index >= 15 is 0 Å². The molecule has 2 nitrogen and oxygen atoms in total. The number of hydrogen-bond donors (Lipinski definition) is 2. The largest absolute Gasteiger partial charge is 0.388 e. The molecule has 0 bridgehead atoms. The zero-order valence-corrected chi connectivity index (χ0v) is 10.2. The quantitative estimate of drug-likeness (QED) is 0.901. The van der Waals surface area contributed by atoms with Crippen LogP contribution in [-0.2, 0) is 0 Å². The summed E-state index contributed by atoms with van der Waals surface area (Å²) in [7, 11) is 0. The third-order valence-electron chi connectivity index (χ3n) is 1.76. The van der Waals surface area contributed by atoms with Crippen LogP contribution in [0.3, 0.4) is 0 Å².